The summed E-state index contributed by atoms with van der Waals surface area (Å²) in [6, 6.07) is 7.63. The Morgan fingerprint density at radius 3 is 2.55 bits per heavy atom. The lowest BCUT2D eigenvalue weighted by atomic mass is 10.0. The summed E-state index contributed by atoms with van der Waals surface area (Å²) in [6.07, 6.45) is 6.85. The molecule has 0 radical (unpaired) electrons. The van der Waals surface area contributed by atoms with Gasteiger partial charge in [0, 0.05) is 44.3 Å². The molecule has 2 fully saturated rings. The first kappa shape index (κ1) is 19.6. The van der Waals surface area contributed by atoms with Gasteiger partial charge in [-0.3, -0.25) is 9.69 Å². The van der Waals surface area contributed by atoms with E-state index >= 15 is 0 Å². The van der Waals surface area contributed by atoms with Crippen LogP contribution in [0.15, 0.2) is 36.7 Å². The minimum absolute atomic E-state index is 0.0395. The Kier molecular flexibility index (Phi) is 5.33. The zero-order chi connectivity index (χ0) is 21.2. The number of anilines is 3. The molecule has 160 valence electrons. The average molecular weight is 419 g/mol. The van der Waals surface area contributed by atoms with Gasteiger partial charge in [0.05, 0.1) is 0 Å². The number of nitrogens with one attached hydrogen (secondary N) is 2. The molecule has 1 amide bonds. The number of nitrogens with zero attached hydrogens (tertiary/aromatic N) is 6. The minimum Gasteiger partial charge on any atom is -0.353 e. The summed E-state index contributed by atoms with van der Waals surface area (Å²) < 4.78 is 0. The van der Waals surface area contributed by atoms with Crippen molar-refractivity contribution in [3.05, 3.63) is 42.2 Å². The second kappa shape index (κ2) is 8.43. The molecule has 2 N–H and O–H groups in total. The van der Waals surface area contributed by atoms with Crippen LogP contribution in [0.25, 0.3) is 11.2 Å². The second-order valence-electron chi connectivity index (χ2n) is 8.07. The van der Waals surface area contributed by atoms with Crippen LogP contribution in [0.2, 0.25) is 0 Å². The summed E-state index contributed by atoms with van der Waals surface area (Å²) in [5, 5.41) is 6.32. The van der Waals surface area contributed by atoms with Crippen LogP contribution in [-0.4, -0.2) is 64.0 Å². The fraction of sp³-hybridized carbons (Fsp3) is 0.409. The fourth-order valence-electron chi connectivity index (χ4n) is 4.25. The van der Waals surface area contributed by atoms with E-state index in [1.807, 2.05) is 31.3 Å². The quantitative estimate of drug-likeness (QED) is 0.666. The van der Waals surface area contributed by atoms with Crippen molar-refractivity contribution in [3.8, 4) is 0 Å². The molecule has 5 rings (SSSR count). The summed E-state index contributed by atoms with van der Waals surface area (Å²) in [5.74, 6) is 1.36. The van der Waals surface area contributed by atoms with E-state index in [1.165, 1.54) is 6.42 Å². The number of benzene rings is 1. The highest BCUT2D eigenvalue weighted by Gasteiger charge is 2.28. The van der Waals surface area contributed by atoms with Crippen LogP contribution in [0.1, 0.15) is 30.9 Å². The zero-order valence-corrected chi connectivity index (χ0v) is 17.6. The molecule has 2 saturated heterocycles. The van der Waals surface area contributed by atoms with Gasteiger partial charge in [0.15, 0.2) is 17.0 Å². The Bertz CT molecular complexity index is 1080. The van der Waals surface area contributed by atoms with E-state index in [4.69, 9.17) is 4.98 Å². The van der Waals surface area contributed by atoms with Crippen molar-refractivity contribution in [1.29, 1.82) is 0 Å². The molecular formula is C22H26N8O. The molecule has 2 aromatic heterocycles. The number of likely N-dealkylation sites (N-methyl/N-ethyl adjacent to an activating group) is 1. The van der Waals surface area contributed by atoms with Crippen molar-refractivity contribution in [3.63, 3.8) is 0 Å². The summed E-state index contributed by atoms with van der Waals surface area (Å²) >= 11 is 0. The molecular weight excluding hydrogens is 392 g/mol. The first-order valence-corrected chi connectivity index (χ1v) is 10.8. The van der Waals surface area contributed by atoms with Gasteiger partial charge in [-0.2, -0.15) is 9.97 Å². The number of fused-ring (bicyclic) bond motifs is 1. The van der Waals surface area contributed by atoms with Gasteiger partial charge in [0.1, 0.15) is 6.04 Å². The Labute approximate surface area is 180 Å². The second-order valence-corrected chi connectivity index (χ2v) is 8.07. The maximum atomic E-state index is 12.3. The molecule has 9 nitrogen and oxygen atoms in total. The number of carbonyl (C=O) groups excluding carboxylic acids is 1. The van der Waals surface area contributed by atoms with Crippen LogP contribution in [0.4, 0.5) is 17.5 Å². The molecule has 9 heteroatoms. The summed E-state index contributed by atoms with van der Waals surface area (Å²) in [4.78, 5) is 34.9. The number of hydrogen-bond acceptors (Lipinski definition) is 8. The normalized spacial score (nSPS) is 20.0. The van der Waals surface area contributed by atoms with E-state index in [2.05, 4.69) is 35.4 Å². The molecule has 0 spiro atoms. The third-order valence-corrected chi connectivity index (χ3v) is 5.90. The fourth-order valence-corrected chi connectivity index (χ4v) is 4.25. The summed E-state index contributed by atoms with van der Waals surface area (Å²) in [5.41, 5.74) is 3.06. The maximum absolute atomic E-state index is 12.3. The van der Waals surface area contributed by atoms with Crippen LogP contribution in [0, 0.1) is 0 Å². The largest absolute Gasteiger partial charge is 0.353 e. The molecule has 0 aliphatic carbocycles. The maximum Gasteiger partial charge on any atom is 0.241 e. The van der Waals surface area contributed by atoms with Crippen molar-refractivity contribution >= 4 is 34.5 Å². The van der Waals surface area contributed by atoms with Crippen molar-refractivity contribution in [2.24, 2.45) is 0 Å². The smallest absolute Gasteiger partial charge is 0.241 e. The number of amides is 1. The molecule has 2 aliphatic rings. The number of carbonyl (C=O) groups is 1. The van der Waals surface area contributed by atoms with Crippen LogP contribution >= 0.6 is 0 Å². The van der Waals surface area contributed by atoms with Crippen LogP contribution in [0.3, 0.4) is 0 Å². The predicted octanol–water partition coefficient (Wildman–Crippen LogP) is 2.26. The molecule has 0 bridgehead atoms. The first-order chi connectivity index (χ1) is 15.2. The van der Waals surface area contributed by atoms with Gasteiger partial charge < -0.3 is 15.5 Å². The van der Waals surface area contributed by atoms with E-state index in [0.717, 1.165) is 43.7 Å². The molecule has 2 aliphatic heterocycles. The van der Waals surface area contributed by atoms with Crippen molar-refractivity contribution in [2.75, 3.05) is 43.4 Å². The molecule has 0 saturated carbocycles. The third-order valence-electron chi connectivity index (χ3n) is 5.90. The molecule has 1 unspecified atom stereocenters. The molecule has 4 heterocycles. The zero-order valence-electron chi connectivity index (χ0n) is 17.6. The van der Waals surface area contributed by atoms with Gasteiger partial charge in [0.25, 0.3) is 0 Å². The monoisotopic (exact) mass is 418 g/mol. The Hall–Kier alpha value is -3.33. The molecule has 31 heavy (non-hydrogen) atoms. The third kappa shape index (κ3) is 4.00. The highest BCUT2D eigenvalue weighted by atomic mass is 16.2. The number of piperazine rings is 1. The van der Waals surface area contributed by atoms with Gasteiger partial charge in [0.2, 0.25) is 11.9 Å². The number of aromatic nitrogens is 4. The molecule has 3 aromatic rings. The lowest BCUT2D eigenvalue weighted by Crippen LogP contribution is -2.48. The van der Waals surface area contributed by atoms with Crippen molar-refractivity contribution in [1.82, 2.24) is 30.2 Å². The van der Waals surface area contributed by atoms with Crippen molar-refractivity contribution in [2.45, 2.75) is 25.3 Å². The van der Waals surface area contributed by atoms with E-state index < -0.39 is 0 Å². The number of rotatable bonds is 4. The Morgan fingerprint density at radius 1 is 1.00 bits per heavy atom. The first-order valence-electron chi connectivity index (χ1n) is 10.8. The van der Waals surface area contributed by atoms with Gasteiger partial charge in [-0.15, -0.1) is 0 Å². The SMILES string of the molecule is CN1CCNC(=O)C1c1ccc(Nc2nc(N3CCCCC3)nc3nccnc23)cc1. The van der Waals surface area contributed by atoms with E-state index in [0.29, 0.717) is 29.5 Å². The van der Waals surface area contributed by atoms with E-state index in [1.54, 1.807) is 12.4 Å². The van der Waals surface area contributed by atoms with Crippen LogP contribution in [-0.2, 0) is 4.79 Å². The topological polar surface area (TPSA) is 99.2 Å². The summed E-state index contributed by atoms with van der Waals surface area (Å²) in [6.45, 7) is 3.43. The average Bonchev–Trinajstić information content (AvgIpc) is 2.80. The van der Waals surface area contributed by atoms with Gasteiger partial charge in [-0.05, 0) is 44.0 Å². The standard InChI is InChI=1S/C22H26N8O/c1-29-14-11-25-21(31)18(29)15-5-7-16(8-6-15)26-20-17-19(24-10-9-23-17)27-22(28-20)30-12-3-2-4-13-30/h5-10,18H,2-4,11-14H2,1H3,(H,25,31)(H,24,26,27,28). The highest BCUT2D eigenvalue weighted by molar-refractivity contribution is 5.86. The Balaban J connectivity index is 1.44. The van der Waals surface area contributed by atoms with Crippen molar-refractivity contribution < 1.29 is 4.79 Å². The lowest BCUT2D eigenvalue weighted by molar-refractivity contribution is -0.128. The van der Waals surface area contributed by atoms with Crippen LogP contribution < -0.4 is 15.5 Å². The minimum atomic E-state index is -0.265. The summed E-state index contributed by atoms with van der Waals surface area (Å²) in [7, 11) is 1.98. The molecule has 1 atom stereocenters. The van der Waals surface area contributed by atoms with E-state index in [9.17, 15) is 4.79 Å². The lowest BCUT2D eigenvalue weighted by Gasteiger charge is -2.32. The van der Waals surface area contributed by atoms with E-state index in [-0.39, 0.29) is 11.9 Å². The predicted molar refractivity (Wildman–Crippen MR) is 119 cm³/mol. The van der Waals surface area contributed by atoms with Crippen LogP contribution in [0.5, 0.6) is 0 Å². The van der Waals surface area contributed by atoms with Gasteiger partial charge in [-0.25, -0.2) is 9.97 Å². The van der Waals surface area contributed by atoms with Gasteiger partial charge >= 0.3 is 0 Å². The molecule has 1 aromatic carbocycles. The number of hydrogen-bond donors (Lipinski definition) is 2. The Morgan fingerprint density at radius 2 is 1.77 bits per heavy atom. The van der Waals surface area contributed by atoms with Gasteiger partial charge in [-0.1, -0.05) is 12.1 Å². The number of piperidine rings is 1. The highest BCUT2D eigenvalue weighted by Crippen LogP contribution is 2.27.